The highest BCUT2D eigenvalue weighted by Crippen LogP contribution is 2.24. The van der Waals surface area contributed by atoms with E-state index in [1.54, 1.807) is 23.4 Å². The van der Waals surface area contributed by atoms with E-state index in [-0.39, 0.29) is 4.90 Å². The van der Waals surface area contributed by atoms with Crippen LogP contribution in [0.2, 0.25) is 0 Å². The molecule has 0 spiro atoms. The van der Waals surface area contributed by atoms with Crippen LogP contribution in [0.25, 0.3) is 0 Å². The summed E-state index contributed by atoms with van der Waals surface area (Å²) in [5, 5.41) is 8.41. The predicted molar refractivity (Wildman–Crippen MR) is 90.1 cm³/mol. The third kappa shape index (κ3) is 4.14. The molecule has 24 heavy (non-hydrogen) atoms. The topological polar surface area (TPSA) is 89.2 Å². The van der Waals surface area contributed by atoms with Crippen LogP contribution in [0, 0.1) is 6.92 Å². The van der Waals surface area contributed by atoms with Crippen LogP contribution in [0.15, 0.2) is 32.7 Å². The van der Waals surface area contributed by atoms with E-state index in [4.69, 9.17) is 4.42 Å². The lowest BCUT2D eigenvalue weighted by molar-refractivity contribution is 0.423. The molecule has 9 heteroatoms. The quantitative estimate of drug-likeness (QED) is 0.749. The van der Waals surface area contributed by atoms with Gasteiger partial charge < -0.3 is 4.42 Å². The van der Waals surface area contributed by atoms with E-state index in [9.17, 15) is 8.42 Å². The Morgan fingerprint density at radius 3 is 2.50 bits per heavy atom. The van der Waals surface area contributed by atoms with Gasteiger partial charge in [-0.05, 0) is 25.0 Å². The highest BCUT2D eigenvalue weighted by Gasteiger charge is 2.25. The molecule has 1 fully saturated rings. The lowest BCUT2D eigenvalue weighted by atomic mass is 10.2. The van der Waals surface area contributed by atoms with Crippen molar-refractivity contribution in [2.75, 3.05) is 13.1 Å². The van der Waals surface area contributed by atoms with E-state index < -0.39 is 10.0 Å². The maximum absolute atomic E-state index is 12.7. The van der Waals surface area contributed by atoms with Crippen LogP contribution in [-0.4, -0.2) is 41.0 Å². The van der Waals surface area contributed by atoms with Crippen molar-refractivity contribution in [2.24, 2.45) is 0 Å². The second kappa shape index (κ2) is 7.62. The molecule has 0 saturated carbocycles. The van der Waals surface area contributed by atoms with Crippen molar-refractivity contribution in [1.29, 1.82) is 0 Å². The van der Waals surface area contributed by atoms with E-state index in [2.05, 4.69) is 15.2 Å². The number of aromatic nitrogens is 3. The Morgan fingerprint density at radius 2 is 1.92 bits per heavy atom. The summed E-state index contributed by atoms with van der Waals surface area (Å²) in [7, 11) is -3.45. The summed E-state index contributed by atoms with van der Waals surface area (Å²) < 4.78 is 32.2. The Hall–Kier alpha value is -1.45. The fraction of sp³-hybridized carbons (Fsp3) is 0.533. The van der Waals surface area contributed by atoms with Crippen molar-refractivity contribution in [1.82, 2.24) is 19.5 Å². The molecule has 130 valence electrons. The van der Waals surface area contributed by atoms with Gasteiger partial charge in [-0.3, -0.25) is 0 Å². The number of thioether (sulfide) groups is 1. The highest BCUT2D eigenvalue weighted by atomic mass is 32.2. The summed E-state index contributed by atoms with van der Waals surface area (Å²) in [6.45, 7) is 2.92. The Kier molecular flexibility index (Phi) is 5.52. The minimum atomic E-state index is -3.45. The first-order chi connectivity index (χ1) is 11.6. The molecule has 7 nitrogen and oxygen atoms in total. The molecule has 0 aromatic carbocycles. The minimum Gasteiger partial charge on any atom is -0.425 e. The molecule has 2 aromatic rings. The van der Waals surface area contributed by atoms with Crippen molar-refractivity contribution < 1.29 is 12.8 Å². The summed E-state index contributed by atoms with van der Waals surface area (Å²) in [5.74, 6) is 1.56. The van der Waals surface area contributed by atoms with Crippen LogP contribution in [0.1, 0.15) is 37.5 Å². The van der Waals surface area contributed by atoms with Crippen LogP contribution in [-0.2, 0) is 15.8 Å². The molecule has 0 bridgehead atoms. The van der Waals surface area contributed by atoms with Crippen LogP contribution in [0.5, 0.6) is 0 Å². The fourth-order valence-corrected chi connectivity index (χ4v) is 4.71. The molecule has 0 amide bonds. The van der Waals surface area contributed by atoms with Crippen LogP contribution < -0.4 is 0 Å². The van der Waals surface area contributed by atoms with Crippen LogP contribution in [0.4, 0.5) is 0 Å². The molecule has 3 rings (SSSR count). The van der Waals surface area contributed by atoms with Crippen molar-refractivity contribution >= 4 is 21.8 Å². The molecule has 0 unspecified atom stereocenters. The average Bonchev–Trinajstić information content (AvgIpc) is 2.83. The Labute approximate surface area is 145 Å². The van der Waals surface area contributed by atoms with E-state index >= 15 is 0 Å². The number of aryl methyl sites for hydroxylation is 1. The van der Waals surface area contributed by atoms with E-state index in [0.717, 1.165) is 30.7 Å². The average molecular weight is 368 g/mol. The number of pyridine rings is 1. The van der Waals surface area contributed by atoms with Gasteiger partial charge in [0.2, 0.25) is 21.8 Å². The van der Waals surface area contributed by atoms with Gasteiger partial charge in [0.25, 0.3) is 0 Å². The molecule has 1 aliphatic heterocycles. The van der Waals surface area contributed by atoms with Gasteiger partial charge in [0.15, 0.2) is 0 Å². The SMILES string of the molecule is Cc1nnc(CSc2ccc(S(=O)(=O)N3CCCCCC3)cn2)o1. The van der Waals surface area contributed by atoms with Gasteiger partial charge in [0.1, 0.15) is 4.90 Å². The summed E-state index contributed by atoms with van der Waals surface area (Å²) in [4.78, 5) is 4.50. The molecular weight excluding hydrogens is 348 g/mol. The maximum atomic E-state index is 12.7. The molecule has 1 aliphatic rings. The fourth-order valence-electron chi connectivity index (χ4n) is 2.57. The van der Waals surface area contributed by atoms with E-state index in [1.807, 2.05) is 0 Å². The molecule has 0 N–H and O–H groups in total. The standard InChI is InChI=1S/C15H20N4O3S2/c1-12-17-18-14(22-12)11-23-15-7-6-13(10-16-15)24(20,21)19-8-4-2-3-5-9-19/h6-7,10H,2-5,8-9,11H2,1H3. The summed E-state index contributed by atoms with van der Waals surface area (Å²) in [5.41, 5.74) is 0. The zero-order valence-electron chi connectivity index (χ0n) is 13.5. The number of hydrogen-bond acceptors (Lipinski definition) is 7. The van der Waals surface area contributed by atoms with Gasteiger partial charge in [-0.15, -0.1) is 10.2 Å². The summed E-state index contributed by atoms with van der Waals surface area (Å²) in [6.07, 6.45) is 5.46. The lowest BCUT2D eigenvalue weighted by Gasteiger charge is -2.19. The molecule has 0 atom stereocenters. The number of nitrogens with zero attached hydrogens (tertiary/aromatic N) is 4. The van der Waals surface area contributed by atoms with E-state index in [1.165, 1.54) is 18.0 Å². The number of rotatable bonds is 5. The first-order valence-electron chi connectivity index (χ1n) is 7.94. The minimum absolute atomic E-state index is 0.252. The normalized spacial score (nSPS) is 16.9. The van der Waals surface area contributed by atoms with Gasteiger partial charge in [0.05, 0.1) is 10.8 Å². The second-order valence-corrected chi connectivity index (χ2v) is 8.59. The Bertz CT molecular complexity index is 766. The van der Waals surface area contributed by atoms with Crippen molar-refractivity contribution in [2.45, 2.75) is 48.3 Å². The van der Waals surface area contributed by atoms with Crippen molar-refractivity contribution in [3.63, 3.8) is 0 Å². The van der Waals surface area contributed by atoms with Crippen molar-refractivity contribution in [3.8, 4) is 0 Å². The lowest BCUT2D eigenvalue weighted by Crippen LogP contribution is -2.32. The van der Waals surface area contributed by atoms with Gasteiger partial charge in [-0.25, -0.2) is 13.4 Å². The molecule has 3 heterocycles. The molecular formula is C15H20N4O3S2. The summed E-state index contributed by atoms with van der Waals surface area (Å²) in [6, 6.07) is 3.34. The second-order valence-electron chi connectivity index (χ2n) is 5.65. The van der Waals surface area contributed by atoms with Gasteiger partial charge in [-0.1, -0.05) is 24.6 Å². The first-order valence-corrected chi connectivity index (χ1v) is 10.4. The maximum Gasteiger partial charge on any atom is 0.244 e. The highest BCUT2D eigenvalue weighted by molar-refractivity contribution is 7.98. The molecule has 2 aromatic heterocycles. The summed E-state index contributed by atoms with van der Waals surface area (Å²) >= 11 is 1.43. The van der Waals surface area contributed by atoms with Gasteiger partial charge in [0, 0.05) is 26.2 Å². The van der Waals surface area contributed by atoms with Crippen molar-refractivity contribution in [3.05, 3.63) is 30.1 Å². The molecule has 1 saturated heterocycles. The third-order valence-corrected chi connectivity index (χ3v) is 6.63. The monoisotopic (exact) mass is 368 g/mol. The van der Waals surface area contributed by atoms with Crippen LogP contribution >= 0.6 is 11.8 Å². The largest absolute Gasteiger partial charge is 0.425 e. The van der Waals surface area contributed by atoms with Crippen LogP contribution in [0.3, 0.4) is 0 Å². The Morgan fingerprint density at radius 1 is 1.17 bits per heavy atom. The van der Waals surface area contributed by atoms with Gasteiger partial charge >= 0.3 is 0 Å². The van der Waals surface area contributed by atoms with E-state index in [0.29, 0.717) is 30.6 Å². The zero-order chi connectivity index (χ0) is 17.0. The number of hydrogen-bond donors (Lipinski definition) is 0. The third-order valence-electron chi connectivity index (χ3n) is 3.82. The first kappa shape index (κ1) is 17.4. The molecule has 0 radical (unpaired) electrons. The Balaban J connectivity index is 1.66. The molecule has 0 aliphatic carbocycles. The smallest absolute Gasteiger partial charge is 0.244 e. The predicted octanol–water partition coefficient (Wildman–Crippen LogP) is 2.63. The zero-order valence-corrected chi connectivity index (χ0v) is 15.1. The van der Waals surface area contributed by atoms with Gasteiger partial charge in [-0.2, -0.15) is 4.31 Å². The number of sulfonamides is 1.